The summed E-state index contributed by atoms with van der Waals surface area (Å²) in [6, 6.07) is 9.48. The van der Waals surface area contributed by atoms with E-state index in [9.17, 15) is 14.4 Å². The van der Waals surface area contributed by atoms with Gasteiger partial charge in [0, 0.05) is 16.8 Å². The van der Waals surface area contributed by atoms with E-state index >= 15 is 0 Å². The molecule has 2 aromatic rings. The fourth-order valence-corrected chi connectivity index (χ4v) is 2.77. The number of carbonyl (C=O) groups is 3. The van der Waals surface area contributed by atoms with Crippen LogP contribution in [0.1, 0.15) is 19.4 Å². The Morgan fingerprint density at radius 2 is 1.78 bits per heavy atom. The van der Waals surface area contributed by atoms with Crippen LogP contribution in [-0.4, -0.2) is 43.7 Å². The summed E-state index contributed by atoms with van der Waals surface area (Å²) in [5.74, 6) is -1.69. The van der Waals surface area contributed by atoms with Gasteiger partial charge in [-0.1, -0.05) is 23.2 Å². The first-order valence-corrected chi connectivity index (χ1v) is 10.1. The molecule has 0 aliphatic heterocycles. The van der Waals surface area contributed by atoms with Crippen LogP contribution in [0, 0.1) is 0 Å². The quantitative estimate of drug-likeness (QED) is 0.305. The van der Waals surface area contributed by atoms with Crippen molar-refractivity contribution in [3.8, 4) is 11.5 Å². The van der Waals surface area contributed by atoms with Gasteiger partial charge < -0.3 is 20.1 Å². The molecule has 9 nitrogen and oxygen atoms in total. The molecule has 3 N–H and O–H groups in total. The molecule has 0 spiro atoms. The zero-order chi connectivity index (χ0) is 23.7. The number of anilines is 1. The van der Waals surface area contributed by atoms with Crippen molar-refractivity contribution in [1.29, 1.82) is 0 Å². The first kappa shape index (κ1) is 25.0. The lowest BCUT2D eigenvalue weighted by Crippen LogP contribution is -2.41. The van der Waals surface area contributed by atoms with Gasteiger partial charge in [-0.05, 0) is 55.8 Å². The van der Waals surface area contributed by atoms with Crippen LogP contribution >= 0.6 is 23.2 Å². The molecule has 0 bridgehead atoms. The number of halogens is 2. The predicted octanol–water partition coefficient (Wildman–Crippen LogP) is 2.99. The van der Waals surface area contributed by atoms with Crippen LogP contribution in [0.4, 0.5) is 5.69 Å². The number of nitrogens with zero attached hydrogens (tertiary/aromatic N) is 1. The van der Waals surface area contributed by atoms with E-state index in [4.69, 9.17) is 32.7 Å². The van der Waals surface area contributed by atoms with Crippen LogP contribution in [0.2, 0.25) is 10.0 Å². The molecule has 0 unspecified atom stereocenters. The lowest BCUT2D eigenvalue weighted by atomic mass is 10.2. The molecule has 0 saturated heterocycles. The Morgan fingerprint density at radius 1 is 1.09 bits per heavy atom. The van der Waals surface area contributed by atoms with Crippen molar-refractivity contribution in [2.75, 3.05) is 19.0 Å². The molecule has 11 heteroatoms. The predicted molar refractivity (Wildman–Crippen MR) is 123 cm³/mol. The van der Waals surface area contributed by atoms with Gasteiger partial charge in [-0.2, -0.15) is 5.10 Å². The first-order valence-electron chi connectivity index (χ1n) is 9.39. The summed E-state index contributed by atoms with van der Waals surface area (Å²) in [6.07, 6.45) is 1.28. The van der Waals surface area contributed by atoms with Crippen LogP contribution in [0.3, 0.4) is 0 Å². The van der Waals surface area contributed by atoms with Gasteiger partial charge in [-0.25, -0.2) is 5.43 Å². The van der Waals surface area contributed by atoms with E-state index in [0.717, 1.165) is 0 Å². The van der Waals surface area contributed by atoms with Gasteiger partial charge in [-0.15, -0.1) is 0 Å². The summed E-state index contributed by atoms with van der Waals surface area (Å²) in [7, 11) is 1.41. The van der Waals surface area contributed by atoms with Crippen molar-refractivity contribution >= 4 is 52.8 Å². The van der Waals surface area contributed by atoms with E-state index in [1.54, 1.807) is 44.2 Å². The molecule has 0 aliphatic carbocycles. The van der Waals surface area contributed by atoms with Crippen LogP contribution in [0.15, 0.2) is 41.5 Å². The molecule has 0 fully saturated rings. The van der Waals surface area contributed by atoms with E-state index in [1.807, 2.05) is 0 Å². The van der Waals surface area contributed by atoms with Crippen LogP contribution in [0.25, 0.3) is 0 Å². The number of amides is 3. The number of methoxy groups -OCH3 is 1. The standard InChI is InChI=1S/C21H22Cl2N4O5/c1-12(2)25-20(29)21(30)27-24-10-13-8-16(23)19(17(9-13)31-3)32-11-18(28)26-15-6-4-14(22)5-7-15/h4-10,12H,11H2,1-3H3,(H,25,29)(H,26,28)(H,27,30)/b24-10-. The van der Waals surface area contributed by atoms with Gasteiger partial charge in [0.15, 0.2) is 18.1 Å². The largest absolute Gasteiger partial charge is 0.493 e. The molecule has 0 atom stereocenters. The van der Waals surface area contributed by atoms with Gasteiger partial charge in [0.25, 0.3) is 5.91 Å². The maximum absolute atomic E-state index is 12.1. The summed E-state index contributed by atoms with van der Waals surface area (Å²) in [5, 5.41) is 9.56. The Bertz CT molecular complexity index is 1010. The summed E-state index contributed by atoms with van der Waals surface area (Å²) < 4.78 is 10.8. The Labute approximate surface area is 195 Å². The van der Waals surface area contributed by atoms with Gasteiger partial charge in [0.05, 0.1) is 18.3 Å². The summed E-state index contributed by atoms with van der Waals surface area (Å²) in [5.41, 5.74) is 3.15. The van der Waals surface area contributed by atoms with Crippen molar-refractivity contribution < 1.29 is 23.9 Å². The maximum Gasteiger partial charge on any atom is 0.329 e. The van der Waals surface area contributed by atoms with Gasteiger partial charge >= 0.3 is 11.8 Å². The number of rotatable bonds is 8. The lowest BCUT2D eigenvalue weighted by molar-refractivity contribution is -0.139. The first-order chi connectivity index (χ1) is 15.2. The molecule has 0 aliphatic rings. The van der Waals surface area contributed by atoms with Gasteiger partial charge in [0.2, 0.25) is 0 Å². The number of hydrogen-bond donors (Lipinski definition) is 3. The number of hydrogen-bond acceptors (Lipinski definition) is 6. The van der Waals surface area contributed by atoms with Gasteiger partial charge in [-0.3, -0.25) is 14.4 Å². The number of carbonyl (C=O) groups excluding carboxylic acids is 3. The average molecular weight is 481 g/mol. The topological polar surface area (TPSA) is 118 Å². The minimum absolute atomic E-state index is 0.161. The molecule has 170 valence electrons. The van der Waals surface area contributed by atoms with Crippen molar-refractivity contribution in [2.24, 2.45) is 5.10 Å². The molecule has 2 rings (SSSR count). The molecule has 0 radical (unpaired) electrons. The van der Waals surface area contributed by atoms with Crippen LogP contribution in [0.5, 0.6) is 11.5 Å². The Hall–Kier alpha value is -3.30. The molecule has 3 amide bonds. The number of nitrogens with one attached hydrogen (secondary N) is 3. The van der Waals surface area contributed by atoms with Crippen molar-refractivity contribution in [2.45, 2.75) is 19.9 Å². The number of hydrazone groups is 1. The van der Waals surface area contributed by atoms with Crippen LogP contribution in [-0.2, 0) is 14.4 Å². The SMILES string of the molecule is COc1cc(/C=N\NC(=O)C(=O)NC(C)C)cc(Cl)c1OCC(=O)Nc1ccc(Cl)cc1. The Kier molecular flexibility index (Phi) is 9.30. The normalized spacial score (nSPS) is 10.7. The summed E-state index contributed by atoms with van der Waals surface area (Å²) in [4.78, 5) is 35.3. The number of benzene rings is 2. The fraction of sp³-hybridized carbons (Fsp3) is 0.238. The number of ether oxygens (including phenoxy) is 2. The van der Waals surface area contributed by atoms with Crippen LogP contribution < -0.4 is 25.5 Å². The second-order valence-electron chi connectivity index (χ2n) is 6.71. The zero-order valence-corrected chi connectivity index (χ0v) is 19.1. The monoisotopic (exact) mass is 480 g/mol. The Balaban J connectivity index is 2.00. The zero-order valence-electron chi connectivity index (χ0n) is 17.6. The third-order valence-electron chi connectivity index (χ3n) is 3.73. The molecule has 0 saturated carbocycles. The molecular weight excluding hydrogens is 459 g/mol. The maximum atomic E-state index is 12.1. The second-order valence-corrected chi connectivity index (χ2v) is 7.55. The molecular formula is C21H22Cl2N4O5. The van der Waals surface area contributed by atoms with E-state index in [1.165, 1.54) is 19.4 Å². The Morgan fingerprint density at radius 3 is 2.41 bits per heavy atom. The van der Waals surface area contributed by atoms with E-state index in [2.05, 4.69) is 21.2 Å². The van der Waals surface area contributed by atoms with Crippen molar-refractivity contribution in [1.82, 2.24) is 10.7 Å². The van der Waals surface area contributed by atoms with Gasteiger partial charge in [0.1, 0.15) is 0 Å². The average Bonchev–Trinajstić information content (AvgIpc) is 2.73. The highest BCUT2D eigenvalue weighted by Gasteiger charge is 2.15. The third kappa shape index (κ3) is 7.75. The molecule has 0 heterocycles. The van der Waals surface area contributed by atoms with E-state index in [0.29, 0.717) is 16.3 Å². The second kappa shape index (κ2) is 11.9. The van der Waals surface area contributed by atoms with E-state index in [-0.39, 0.29) is 29.2 Å². The lowest BCUT2D eigenvalue weighted by Gasteiger charge is -2.13. The van der Waals surface area contributed by atoms with Crippen molar-refractivity contribution in [3.05, 3.63) is 52.0 Å². The minimum Gasteiger partial charge on any atom is -0.493 e. The fourth-order valence-electron chi connectivity index (χ4n) is 2.37. The minimum atomic E-state index is -0.903. The third-order valence-corrected chi connectivity index (χ3v) is 4.27. The highest BCUT2D eigenvalue weighted by molar-refractivity contribution is 6.35. The smallest absolute Gasteiger partial charge is 0.329 e. The van der Waals surface area contributed by atoms with E-state index < -0.39 is 17.7 Å². The highest BCUT2D eigenvalue weighted by Crippen LogP contribution is 2.36. The molecule has 32 heavy (non-hydrogen) atoms. The summed E-state index contributed by atoms with van der Waals surface area (Å²) >= 11 is 12.1. The summed E-state index contributed by atoms with van der Waals surface area (Å²) in [6.45, 7) is 3.15. The highest BCUT2D eigenvalue weighted by atomic mass is 35.5. The molecule has 2 aromatic carbocycles. The van der Waals surface area contributed by atoms with Crippen molar-refractivity contribution in [3.63, 3.8) is 0 Å². The molecule has 0 aromatic heterocycles.